The van der Waals surface area contributed by atoms with E-state index in [4.69, 9.17) is 4.74 Å². The molecule has 45 heavy (non-hydrogen) atoms. The quantitative estimate of drug-likeness (QED) is 0.206. The summed E-state index contributed by atoms with van der Waals surface area (Å²) in [4.78, 5) is 81.3. The molecule has 1 saturated carbocycles. The van der Waals surface area contributed by atoms with Crippen molar-refractivity contribution in [3.63, 3.8) is 0 Å². The van der Waals surface area contributed by atoms with Gasteiger partial charge in [0, 0.05) is 12.5 Å². The van der Waals surface area contributed by atoms with E-state index < -0.39 is 71.9 Å². The first-order valence-corrected chi connectivity index (χ1v) is 15.4. The second-order valence-corrected chi connectivity index (χ2v) is 12.5. The molecule has 3 rings (SSSR count). The van der Waals surface area contributed by atoms with E-state index in [1.165, 1.54) is 4.90 Å². The van der Waals surface area contributed by atoms with Crippen molar-refractivity contribution < 1.29 is 38.6 Å². The van der Waals surface area contributed by atoms with Crippen LogP contribution in [0.5, 0.6) is 0 Å². The highest BCUT2D eigenvalue weighted by Crippen LogP contribution is 2.29. The summed E-state index contributed by atoms with van der Waals surface area (Å²) in [5.41, 5.74) is -0.833. The minimum absolute atomic E-state index is 0.0669. The molecule has 250 valence electrons. The first-order valence-electron chi connectivity index (χ1n) is 15.4. The number of nitrogens with one attached hydrogen (secondary N) is 4. The number of aromatic nitrogens is 4. The number of ether oxygens (including phenoxy) is 1. The van der Waals surface area contributed by atoms with Crippen LogP contribution in [0.25, 0.3) is 0 Å². The van der Waals surface area contributed by atoms with Gasteiger partial charge in [0.1, 0.15) is 23.7 Å². The molecule has 1 aromatic heterocycles. The van der Waals surface area contributed by atoms with Gasteiger partial charge in [0.15, 0.2) is 5.82 Å². The van der Waals surface area contributed by atoms with Crippen molar-refractivity contribution in [2.75, 3.05) is 6.54 Å². The Hall–Kier alpha value is -4.31. The molecular weight excluding hydrogens is 590 g/mol. The molecule has 1 aliphatic carbocycles. The number of rotatable bonds is 13. The molecule has 4 atom stereocenters. The number of alkyl carbamates (subject to hydrolysis) is 1. The van der Waals surface area contributed by atoms with Crippen molar-refractivity contribution in [1.82, 2.24) is 46.4 Å². The van der Waals surface area contributed by atoms with Crippen LogP contribution in [0.1, 0.15) is 91.8 Å². The number of H-pyrrole nitrogens is 1. The van der Waals surface area contributed by atoms with Gasteiger partial charge in [0.2, 0.25) is 11.8 Å². The molecule has 5 N–H and O–H groups in total. The van der Waals surface area contributed by atoms with Gasteiger partial charge in [0.25, 0.3) is 5.91 Å². The minimum Gasteiger partial charge on any atom is -0.481 e. The molecule has 1 aromatic rings. The molecule has 6 amide bonds. The van der Waals surface area contributed by atoms with Crippen LogP contribution >= 0.6 is 0 Å². The molecule has 1 saturated heterocycles. The molecule has 17 heteroatoms. The molecule has 17 nitrogen and oxygen atoms in total. The summed E-state index contributed by atoms with van der Waals surface area (Å²) in [6, 6.07) is -4.73. The van der Waals surface area contributed by atoms with Gasteiger partial charge >= 0.3 is 18.1 Å². The molecule has 0 bridgehead atoms. The number of hydrogen-bond acceptors (Lipinski definition) is 10. The lowest BCUT2D eigenvalue weighted by Gasteiger charge is -2.31. The topological polar surface area (TPSA) is 229 Å². The number of carbonyl (C=O) groups excluding carboxylic acids is 5. The first kappa shape index (κ1) is 35.2. The van der Waals surface area contributed by atoms with Crippen molar-refractivity contribution in [3.8, 4) is 0 Å². The van der Waals surface area contributed by atoms with Crippen LogP contribution in [-0.4, -0.2) is 108 Å². The summed E-state index contributed by atoms with van der Waals surface area (Å²) < 4.78 is 5.31. The van der Waals surface area contributed by atoms with Crippen LogP contribution in [0, 0.1) is 5.92 Å². The fraction of sp³-hybridized carbons (Fsp3) is 0.750. The van der Waals surface area contributed by atoms with E-state index in [-0.39, 0.29) is 31.4 Å². The van der Waals surface area contributed by atoms with E-state index in [0.29, 0.717) is 6.42 Å². The Morgan fingerprint density at radius 1 is 1.11 bits per heavy atom. The number of carbonyl (C=O) groups is 6. The Kier molecular flexibility index (Phi) is 12.2. The molecular formula is C28H45N9O8. The zero-order valence-electron chi connectivity index (χ0n) is 26.5. The number of hydrogen-bond donors (Lipinski definition) is 5. The van der Waals surface area contributed by atoms with Crippen molar-refractivity contribution in [2.45, 2.75) is 122 Å². The highest BCUT2D eigenvalue weighted by atomic mass is 16.6. The van der Waals surface area contributed by atoms with E-state index >= 15 is 0 Å². The van der Waals surface area contributed by atoms with Gasteiger partial charge in [-0.25, -0.2) is 14.5 Å². The van der Waals surface area contributed by atoms with Crippen LogP contribution in [0.15, 0.2) is 0 Å². The number of amides is 6. The van der Waals surface area contributed by atoms with Gasteiger partial charge in [-0.2, -0.15) is 5.21 Å². The number of nitrogens with zero attached hydrogens (tertiary/aromatic N) is 5. The maximum Gasteiger partial charge on any atom is 0.408 e. The number of aromatic amines is 1. The number of tetrazole rings is 1. The molecule has 1 unspecified atom stereocenters. The smallest absolute Gasteiger partial charge is 0.408 e. The zero-order valence-corrected chi connectivity index (χ0v) is 26.5. The molecule has 2 heterocycles. The highest BCUT2D eigenvalue weighted by molar-refractivity contribution is 6.05. The standard InChI is InChI=1S/C28H45N9O8/c1-6-16(2)22(31-26(43)45-28(3,4)5)24(41)30-18(12-13-21(38)39)25(42)37-19(23(40)29-14-20-32-34-35-33-20)15-36(27(37)44)17-10-8-7-9-11-17/h16-19,22H,6-15H2,1-5H3,(H,29,40)(H,30,41)(H,31,43)(H,38,39)(H,32,33,34,35)/t16-,18?,19-,22-/m0/s1. The monoisotopic (exact) mass is 635 g/mol. The average molecular weight is 636 g/mol. The fourth-order valence-corrected chi connectivity index (χ4v) is 5.40. The van der Waals surface area contributed by atoms with Crippen molar-refractivity contribution in [3.05, 3.63) is 5.82 Å². The second kappa shape index (κ2) is 15.6. The fourth-order valence-electron chi connectivity index (χ4n) is 5.40. The predicted molar refractivity (Wildman–Crippen MR) is 157 cm³/mol. The predicted octanol–water partition coefficient (Wildman–Crippen LogP) is 1.07. The molecule has 1 aliphatic heterocycles. The summed E-state index contributed by atoms with van der Waals surface area (Å²) >= 11 is 0. The molecule has 0 spiro atoms. The number of carboxylic acid groups (broad SMARTS) is 1. The Bertz CT molecular complexity index is 1210. The Labute approximate surface area is 261 Å². The summed E-state index contributed by atoms with van der Waals surface area (Å²) in [6.07, 6.45) is 3.03. The Balaban J connectivity index is 1.88. The van der Waals surface area contributed by atoms with Crippen LogP contribution in [0.2, 0.25) is 0 Å². The van der Waals surface area contributed by atoms with E-state index in [0.717, 1.165) is 37.0 Å². The lowest BCUT2D eigenvalue weighted by atomic mass is 9.94. The maximum absolute atomic E-state index is 14.1. The third-order valence-electron chi connectivity index (χ3n) is 7.93. The average Bonchev–Trinajstić information content (AvgIpc) is 3.63. The van der Waals surface area contributed by atoms with Gasteiger partial charge < -0.3 is 30.7 Å². The summed E-state index contributed by atoms with van der Waals surface area (Å²) in [5.74, 6) is -3.76. The van der Waals surface area contributed by atoms with E-state index in [2.05, 4.69) is 36.6 Å². The summed E-state index contributed by atoms with van der Waals surface area (Å²) in [6.45, 7) is 8.37. The third kappa shape index (κ3) is 9.84. The Morgan fingerprint density at radius 3 is 2.38 bits per heavy atom. The van der Waals surface area contributed by atoms with Gasteiger partial charge in [-0.1, -0.05) is 44.7 Å². The molecule has 2 aliphatic rings. The largest absolute Gasteiger partial charge is 0.481 e. The van der Waals surface area contributed by atoms with E-state index in [1.807, 2.05) is 6.92 Å². The van der Waals surface area contributed by atoms with Crippen molar-refractivity contribution >= 4 is 35.8 Å². The van der Waals surface area contributed by atoms with Crippen LogP contribution in [-0.2, 0) is 30.5 Å². The third-order valence-corrected chi connectivity index (χ3v) is 7.93. The lowest BCUT2D eigenvalue weighted by molar-refractivity contribution is -0.141. The number of urea groups is 1. The maximum atomic E-state index is 14.1. The van der Waals surface area contributed by atoms with Crippen LogP contribution in [0.3, 0.4) is 0 Å². The van der Waals surface area contributed by atoms with Gasteiger partial charge in [-0.15, -0.1) is 10.2 Å². The molecule has 0 aromatic carbocycles. The number of imide groups is 1. The van der Waals surface area contributed by atoms with Crippen molar-refractivity contribution in [2.24, 2.45) is 5.92 Å². The molecule has 2 fully saturated rings. The summed E-state index contributed by atoms with van der Waals surface area (Å²) in [7, 11) is 0. The van der Waals surface area contributed by atoms with Gasteiger partial charge in [-0.05, 0) is 46.0 Å². The highest BCUT2D eigenvalue weighted by Gasteiger charge is 2.49. The number of aliphatic carboxylic acids is 1. The van der Waals surface area contributed by atoms with Crippen molar-refractivity contribution in [1.29, 1.82) is 0 Å². The van der Waals surface area contributed by atoms with E-state index in [9.17, 15) is 33.9 Å². The summed E-state index contributed by atoms with van der Waals surface area (Å²) in [5, 5.41) is 30.4. The van der Waals surface area contributed by atoms with Crippen LogP contribution < -0.4 is 16.0 Å². The molecule has 0 radical (unpaired) electrons. The SMILES string of the molecule is CC[C@H](C)[C@H](NC(=O)OC(C)(C)C)C(=O)NC(CCC(=O)O)C(=O)N1C(=O)N(C2CCCCC2)C[C@H]1C(=O)NCc1nn[nH]n1. The number of carboxylic acids is 1. The van der Waals surface area contributed by atoms with Gasteiger partial charge in [0.05, 0.1) is 13.1 Å². The Morgan fingerprint density at radius 2 is 1.80 bits per heavy atom. The van der Waals surface area contributed by atoms with Crippen LogP contribution in [0.4, 0.5) is 9.59 Å². The first-order chi connectivity index (χ1) is 21.2. The lowest BCUT2D eigenvalue weighted by Crippen LogP contribution is -2.59. The second-order valence-electron chi connectivity index (χ2n) is 12.5. The van der Waals surface area contributed by atoms with Gasteiger partial charge in [-0.3, -0.25) is 19.2 Å². The van der Waals surface area contributed by atoms with E-state index in [1.54, 1.807) is 27.7 Å². The minimum atomic E-state index is -1.48. The normalized spacial score (nSPS) is 19.4. The zero-order chi connectivity index (χ0) is 33.3.